The van der Waals surface area contributed by atoms with Gasteiger partial charge in [-0.1, -0.05) is 30.3 Å². The highest BCUT2D eigenvalue weighted by atomic mass is 16.6. The van der Waals surface area contributed by atoms with Gasteiger partial charge in [0, 0.05) is 32.6 Å². The molecule has 0 bridgehead atoms. The number of fused-ring (bicyclic) bond motifs is 1. The molecule has 3 rings (SSSR count). The minimum Gasteiger partial charge on any atom is -0.480 e. The number of aliphatic carboxylic acids is 1. The maximum Gasteiger partial charge on any atom is 0.410 e. The van der Waals surface area contributed by atoms with Crippen LogP contribution < -0.4 is 0 Å². The maximum atomic E-state index is 12.8. The molecular formula is C20H27N3O5. The minimum atomic E-state index is -1.03. The number of hydrogen-bond acceptors (Lipinski definition) is 4. The monoisotopic (exact) mass is 389 g/mol. The van der Waals surface area contributed by atoms with Crippen LogP contribution in [0.1, 0.15) is 26.3 Å². The van der Waals surface area contributed by atoms with Crippen LogP contribution in [-0.2, 0) is 16.0 Å². The summed E-state index contributed by atoms with van der Waals surface area (Å²) in [4.78, 5) is 41.7. The number of carbonyl (C=O) groups is 3. The molecule has 2 aliphatic heterocycles. The zero-order chi connectivity index (χ0) is 20.5. The molecule has 28 heavy (non-hydrogen) atoms. The van der Waals surface area contributed by atoms with Crippen molar-refractivity contribution >= 4 is 18.1 Å². The molecule has 2 atom stereocenters. The van der Waals surface area contributed by atoms with Crippen molar-refractivity contribution in [1.82, 2.24) is 14.7 Å². The lowest BCUT2D eigenvalue weighted by Gasteiger charge is -2.37. The molecule has 2 aliphatic rings. The highest BCUT2D eigenvalue weighted by molar-refractivity contribution is 5.85. The third-order valence-corrected chi connectivity index (χ3v) is 4.97. The second kappa shape index (κ2) is 7.69. The summed E-state index contributed by atoms with van der Waals surface area (Å²) in [6.07, 6.45) is -0.157. The minimum absolute atomic E-state index is 0.230. The highest BCUT2D eigenvalue weighted by Gasteiger charge is 2.46. The van der Waals surface area contributed by atoms with Crippen LogP contribution in [-0.4, -0.2) is 81.8 Å². The molecule has 2 fully saturated rings. The number of ether oxygens (including phenoxy) is 1. The van der Waals surface area contributed by atoms with E-state index in [0.717, 1.165) is 5.56 Å². The van der Waals surface area contributed by atoms with Gasteiger partial charge in [0.1, 0.15) is 11.6 Å². The summed E-state index contributed by atoms with van der Waals surface area (Å²) in [5.41, 5.74) is 0.276. The summed E-state index contributed by atoms with van der Waals surface area (Å²) in [5, 5.41) is 9.72. The number of carboxylic acid groups (broad SMARTS) is 1. The van der Waals surface area contributed by atoms with Crippen molar-refractivity contribution < 1.29 is 24.2 Å². The number of carbonyl (C=O) groups excluding carboxylic acids is 2. The van der Waals surface area contributed by atoms with Crippen LogP contribution in [0.4, 0.5) is 9.59 Å². The molecule has 2 heterocycles. The fourth-order valence-corrected chi connectivity index (χ4v) is 3.65. The Bertz CT molecular complexity index is 746. The second-order valence-electron chi connectivity index (χ2n) is 8.25. The summed E-state index contributed by atoms with van der Waals surface area (Å²) >= 11 is 0. The van der Waals surface area contributed by atoms with Crippen LogP contribution in [0.3, 0.4) is 0 Å². The summed E-state index contributed by atoms with van der Waals surface area (Å²) in [6, 6.07) is 7.83. The second-order valence-corrected chi connectivity index (χ2v) is 8.25. The Balaban J connectivity index is 1.70. The van der Waals surface area contributed by atoms with Gasteiger partial charge in [0.25, 0.3) is 0 Å². The van der Waals surface area contributed by atoms with Crippen molar-refractivity contribution in [3.05, 3.63) is 35.9 Å². The van der Waals surface area contributed by atoms with E-state index in [0.29, 0.717) is 19.6 Å². The maximum absolute atomic E-state index is 12.8. The van der Waals surface area contributed by atoms with Gasteiger partial charge in [0.15, 0.2) is 0 Å². The Morgan fingerprint density at radius 3 is 2.46 bits per heavy atom. The fourth-order valence-electron chi connectivity index (χ4n) is 3.65. The Labute approximate surface area is 164 Å². The summed E-state index contributed by atoms with van der Waals surface area (Å²) in [5.74, 6) is -1.03. The normalized spacial score (nSPS) is 20.8. The Morgan fingerprint density at radius 1 is 1.18 bits per heavy atom. The molecule has 152 valence electrons. The lowest BCUT2D eigenvalue weighted by atomic mass is 10.0. The van der Waals surface area contributed by atoms with E-state index in [-0.39, 0.29) is 25.0 Å². The van der Waals surface area contributed by atoms with Crippen molar-refractivity contribution in [2.45, 2.75) is 44.9 Å². The smallest absolute Gasteiger partial charge is 0.410 e. The average molecular weight is 389 g/mol. The molecule has 1 aromatic carbocycles. The first-order valence-corrected chi connectivity index (χ1v) is 9.47. The molecule has 0 aromatic heterocycles. The van der Waals surface area contributed by atoms with Gasteiger partial charge >= 0.3 is 18.1 Å². The lowest BCUT2D eigenvalue weighted by Crippen LogP contribution is -2.54. The topological polar surface area (TPSA) is 90.4 Å². The van der Waals surface area contributed by atoms with Crippen LogP contribution >= 0.6 is 0 Å². The zero-order valence-electron chi connectivity index (χ0n) is 16.5. The van der Waals surface area contributed by atoms with Crippen LogP contribution in [0.5, 0.6) is 0 Å². The first-order valence-electron chi connectivity index (χ1n) is 9.47. The highest BCUT2D eigenvalue weighted by Crippen LogP contribution is 2.25. The molecule has 8 heteroatoms. The molecule has 0 radical (unpaired) electrons. The number of hydrogen-bond donors (Lipinski definition) is 1. The van der Waals surface area contributed by atoms with Crippen molar-refractivity contribution in [3.8, 4) is 0 Å². The first kappa shape index (κ1) is 20.0. The number of urea groups is 1. The third-order valence-electron chi connectivity index (χ3n) is 4.97. The van der Waals surface area contributed by atoms with Gasteiger partial charge in [0.2, 0.25) is 0 Å². The Kier molecular flexibility index (Phi) is 5.49. The summed E-state index contributed by atoms with van der Waals surface area (Å²) in [7, 11) is 0. The van der Waals surface area contributed by atoms with Gasteiger partial charge in [0.05, 0.1) is 6.04 Å². The van der Waals surface area contributed by atoms with E-state index in [9.17, 15) is 19.5 Å². The summed E-state index contributed by atoms with van der Waals surface area (Å²) < 4.78 is 5.42. The Hall–Kier alpha value is -2.77. The average Bonchev–Trinajstić information content (AvgIpc) is 2.95. The molecule has 0 aliphatic carbocycles. The van der Waals surface area contributed by atoms with Crippen LogP contribution in [0.2, 0.25) is 0 Å². The van der Waals surface area contributed by atoms with Crippen molar-refractivity contribution in [2.75, 3.05) is 26.2 Å². The molecule has 3 amide bonds. The molecular weight excluding hydrogens is 362 g/mol. The third kappa shape index (κ3) is 4.37. The molecule has 8 nitrogen and oxygen atoms in total. The number of carboxylic acids is 1. The van der Waals surface area contributed by atoms with Gasteiger partial charge in [-0.3, -0.25) is 0 Å². The number of piperazine rings is 1. The van der Waals surface area contributed by atoms with E-state index in [2.05, 4.69) is 0 Å². The van der Waals surface area contributed by atoms with Gasteiger partial charge < -0.3 is 24.5 Å². The fraction of sp³-hybridized carbons (Fsp3) is 0.550. The Morgan fingerprint density at radius 2 is 1.86 bits per heavy atom. The first-order chi connectivity index (χ1) is 13.2. The molecule has 2 saturated heterocycles. The number of nitrogens with zero attached hydrogens (tertiary/aromatic N) is 3. The predicted octanol–water partition coefficient (Wildman–Crippen LogP) is 2.04. The van der Waals surface area contributed by atoms with E-state index < -0.39 is 23.7 Å². The predicted molar refractivity (Wildman–Crippen MR) is 102 cm³/mol. The van der Waals surface area contributed by atoms with Gasteiger partial charge in [-0.25, -0.2) is 14.4 Å². The van der Waals surface area contributed by atoms with E-state index >= 15 is 0 Å². The zero-order valence-corrected chi connectivity index (χ0v) is 16.5. The van der Waals surface area contributed by atoms with E-state index in [1.54, 1.807) is 9.80 Å². The molecule has 2 unspecified atom stereocenters. The number of amides is 3. The van der Waals surface area contributed by atoms with Crippen molar-refractivity contribution in [1.29, 1.82) is 0 Å². The van der Waals surface area contributed by atoms with Gasteiger partial charge in [-0.2, -0.15) is 0 Å². The van der Waals surface area contributed by atoms with E-state index in [1.807, 2.05) is 51.1 Å². The van der Waals surface area contributed by atoms with Crippen molar-refractivity contribution in [3.63, 3.8) is 0 Å². The standard InChI is InChI=1S/C20H27N3O5/c1-20(2,3)28-19(27)21-9-10-22-15(12-21)13-23(18(22)26)16(17(24)25)11-14-7-5-4-6-8-14/h4-8,15-16H,9-13H2,1-3H3,(H,24,25). The van der Waals surface area contributed by atoms with Crippen LogP contribution in [0, 0.1) is 0 Å². The summed E-state index contributed by atoms with van der Waals surface area (Å²) in [6.45, 7) is 6.80. The van der Waals surface area contributed by atoms with Crippen LogP contribution in [0.25, 0.3) is 0 Å². The van der Waals surface area contributed by atoms with E-state index in [4.69, 9.17) is 4.74 Å². The molecule has 0 saturated carbocycles. The lowest BCUT2D eigenvalue weighted by molar-refractivity contribution is -0.142. The van der Waals surface area contributed by atoms with Crippen molar-refractivity contribution in [2.24, 2.45) is 0 Å². The quantitative estimate of drug-likeness (QED) is 0.851. The molecule has 1 aromatic rings. The number of benzene rings is 1. The van der Waals surface area contributed by atoms with E-state index in [1.165, 1.54) is 4.90 Å². The number of rotatable bonds is 4. The van der Waals surface area contributed by atoms with Gasteiger partial charge in [-0.15, -0.1) is 0 Å². The van der Waals surface area contributed by atoms with Gasteiger partial charge in [-0.05, 0) is 26.3 Å². The largest absolute Gasteiger partial charge is 0.480 e. The molecule has 0 spiro atoms. The van der Waals surface area contributed by atoms with Crippen LogP contribution in [0.15, 0.2) is 30.3 Å². The SMILES string of the molecule is CC(C)(C)OC(=O)N1CCN2C(=O)N(C(Cc3ccccc3)C(=O)O)CC2C1. The molecule has 1 N–H and O–H groups in total.